The molecule has 2 aromatic rings. The molecule has 0 radical (unpaired) electrons. The summed E-state index contributed by atoms with van der Waals surface area (Å²) in [4.78, 5) is 0. The van der Waals surface area contributed by atoms with Gasteiger partial charge in [-0.15, -0.1) is 0 Å². The molecule has 0 amide bonds. The molecule has 2 rings (SSSR count). The number of halogens is 8. The van der Waals surface area contributed by atoms with E-state index < -0.39 is 46.8 Å². The van der Waals surface area contributed by atoms with Crippen LogP contribution < -0.4 is 0 Å². The number of benzene rings is 2. The van der Waals surface area contributed by atoms with E-state index >= 15 is 0 Å². The van der Waals surface area contributed by atoms with Crippen molar-refractivity contribution >= 4 is 34.8 Å². The molecule has 1 nitrogen and oxygen atoms in total. The SMILES string of the molecule is C=C(O)c1ccc(/C(F)=C/C(c2cc(C)c(Cl)c(Cl)c2)C(F)F)cc1C(F)(F)F. The zero-order valence-corrected chi connectivity index (χ0v) is 16.3. The fourth-order valence-electron chi connectivity index (χ4n) is 2.69. The van der Waals surface area contributed by atoms with Gasteiger partial charge in [-0.1, -0.05) is 41.9 Å². The predicted octanol–water partition coefficient (Wildman–Crippen LogP) is 8.21. The zero-order valence-electron chi connectivity index (χ0n) is 14.8. The summed E-state index contributed by atoms with van der Waals surface area (Å²) in [5, 5.41) is 9.46. The fraction of sp³-hybridized carbons (Fsp3) is 0.200. The molecular formula is C20H14Cl2F6O. The van der Waals surface area contributed by atoms with Crippen molar-refractivity contribution in [2.45, 2.75) is 25.4 Å². The number of allylic oxidation sites excluding steroid dienone is 1. The summed E-state index contributed by atoms with van der Waals surface area (Å²) < 4.78 is 81.3. The van der Waals surface area contributed by atoms with E-state index in [0.29, 0.717) is 17.7 Å². The first-order valence-electron chi connectivity index (χ1n) is 8.03. The van der Waals surface area contributed by atoms with Crippen molar-refractivity contribution in [1.29, 1.82) is 0 Å². The van der Waals surface area contributed by atoms with Crippen molar-refractivity contribution in [2.75, 3.05) is 0 Å². The average Bonchev–Trinajstić information content (AvgIpc) is 2.61. The van der Waals surface area contributed by atoms with Gasteiger partial charge in [0.05, 0.1) is 21.5 Å². The van der Waals surface area contributed by atoms with Gasteiger partial charge in [0.1, 0.15) is 11.6 Å². The Balaban J connectivity index is 2.56. The minimum absolute atomic E-state index is 0.00806. The maximum absolute atomic E-state index is 14.6. The van der Waals surface area contributed by atoms with Crippen molar-refractivity contribution < 1.29 is 31.4 Å². The Hall–Kier alpha value is -2.12. The lowest BCUT2D eigenvalue weighted by Gasteiger charge is -2.16. The van der Waals surface area contributed by atoms with E-state index in [1.54, 1.807) is 0 Å². The molecule has 0 aliphatic carbocycles. The standard InChI is InChI=1S/C20H14Cl2F6O/c1-9-5-12(7-16(21)18(9)22)14(19(24)25)8-17(23)11-3-4-13(10(2)29)15(6-11)20(26,27)28/h3-8,14,19,29H,2H2,1H3/b17-8-. The quantitative estimate of drug-likeness (QED) is 0.356. The molecule has 9 heteroatoms. The number of aryl methyl sites for hydroxylation is 1. The number of hydrogen-bond donors (Lipinski definition) is 1. The first kappa shape index (κ1) is 23.2. The van der Waals surface area contributed by atoms with Crippen LogP contribution in [0.4, 0.5) is 26.3 Å². The second-order valence-electron chi connectivity index (χ2n) is 6.21. The third-order valence-corrected chi connectivity index (χ3v) is 5.02. The van der Waals surface area contributed by atoms with E-state index in [0.717, 1.165) is 18.2 Å². The Morgan fingerprint density at radius 1 is 1.14 bits per heavy atom. The van der Waals surface area contributed by atoms with Gasteiger partial charge in [0, 0.05) is 11.1 Å². The summed E-state index contributed by atoms with van der Waals surface area (Å²) in [6.45, 7) is 4.56. The van der Waals surface area contributed by atoms with E-state index in [2.05, 4.69) is 6.58 Å². The Morgan fingerprint density at radius 2 is 1.76 bits per heavy atom. The lowest BCUT2D eigenvalue weighted by Crippen LogP contribution is -2.10. The minimum Gasteiger partial charge on any atom is -0.508 e. The highest BCUT2D eigenvalue weighted by Crippen LogP contribution is 2.38. The van der Waals surface area contributed by atoms with Crippen LogP contribution in [-0.2, 0) is 6.18 Å². The monoisotopic (exact) mass is 454 g/mol. The summed E-state index contributed by atoms with van der Waals surface area (Å²) in [6.07, 6.45) is -7.46. The molecule has 0 heterocycles. The van der Waals surface area contributed by atoms with Crippen molar-refractivity contribution in [1.82, 2.24) is 0 Å². The van der Waals surface area contributed by atoms with Crippen LogP contribution in [0.3, 0.4) is 0 Å². The highest BCUT2D eigenvalue weighted by Gasteiger charge is 2.34. The van der Waals surface area contributed by atoms with Crippen LogP contribution in [0.2, 0.25) is 10.0 Å². The molecule has 1 unspecified atom stereocenters. The Bertz CT molecular complexity index is 943. The van der Waals surface area contributed by atoms with E-state index in [4.69, 9.17) is 23.2 Å². The smallest absolute Gasteiger partial charge is 0.417 e. The van der Waals surface area contributed by atoms with Crippen molar-refractivity contribution in [3.8, 4) is 0 Å². The molecule has 0 spiro atoms. The van der Waals surface area contributed by atoms with Gasteiger partial charge >= 0.3 is 6.18 Å². The van der Waals surface area contributed by atoms with Crippen LogP contribution in [0.1, 0.15) is 33.7 Å². The Morgan fingerprint density at radius 3 is 2.24 bits per heavy atom. The summed E-state index contributed by atoms with van der Waals surface area (Å²) in [5.74, 6) is -3.92. The molecule has 156 valence electrons. The molecule has 0 fully saturated rings. The fourth-order valence-corrected chi connectivity index (χ4v) is 3.08. The second-order valence-corrected chi connectivity index (χ2v) is 7.00. The van der Waals surface area contributed by atoms with Gasteiger partial charge in [-0.05, 0) is 42.3 Å². The van der Waals surface area contributed by atoms with Crippen LogP contribution in [0, 0.1) is 6.92 Å². The van der Waals surface area contributed by atoms with Crippen LogP contribution >= 0.6 is 23.2 Å². The molecule has 1 N–H and O–H groups in total. The summed E-state index contributed by atoms with van der Waals surface area (Å²) in [7, 11) is 0. The van der Waals surface area contributed by atoms with Crippen LogP contribution in [0.15, 0.2) is 43.0 Å². The van der Waals surface area contributed by atoms with Gasteiger partial charge in [-0.2, -0.15) is 13.2 Å². The lowest BCUT2D eigenvalue weighted by molar-refractivity contribution is -0.137. The summed E-state index contributed by atoms with van der Waals surface area (Å²) in [5.41, 5.74) is -2.22. The van der Waals surface area contributed by atoms with Gasteiger partial charge in [-0.25, -0.2) is 13.2 Å². The lowest BCUT2D eigenvalue weighted by atomic mass is 9.95. The van der Waals surface area contributed by atoms with Crippen LogP contribution in [0.5, 0.6) is 0 Å². The molecular weight excluding hydrogens is 441 g/mol. The maximum atomic E-state index is 14.6. The zero-order chi connectivity index (χ0) is 22.1. The normalized spacial score (nSPS) is 13.7. The molecule has 0 aromatic heterocycles. The molecule has 1 atom stereocenters. The van der Waals surface area contributed by atoms with Gasteiger partial charge in [0.15, 0.2) is 0 Å². The van der Waals surface area contributed by atoms with Crippen molar-refractivity contribution in [3.05, 3.63) is 80.8 Å². The molecule has 0 aliphatic rings. The number of aliphatic hydroxyl groups is 1. The van der Waals surface area contributed by atoms with E-state index in [-0.39, 0.29) is 15.6 Å². The second kappa shape index (κ2) is 8.71. The topological polar surface area (TPSA) is 20.2 Å². The number of aliphatic hydroxyl groups excluding tert-OH is 1. The van der Waals surface area contributed by atoms with E-state index in [9.17, 15) is 31.4 Å². The average molecular weight is 455 g/mol. The molecule has 0 saturated heterocycles. The highest BCUT2D eigenvalue weighted by atomic mass is 35.5. The van der Waals surface area contributed by atoms with Gasteiger partial charge in [0.25, 0.3) is 0 Å². The molecule has 2 aromatic carbocycles. The highest BCUT2D eigenvalue weighted by molar-refractivity contribution is 6.42. The molecule has 0 aliphatic heterocycles. The Kier molecular flexibility index (Phi) is 6.96. The molecule has 29 heavy (non-hydrogen) atoms. The van der Waals surface area contributed by atoms with Gasteiger partial charge in [0.2, 0.25) is 6.43 Å². The first-order valence-corrected chi connectivity index (χ1v) is 8.79. The minimum atomic E-state index is -4.92. The summed E-state index contributed by atoms with van der Waals surface area (Å²) in [6, 6.07) is 4.62. The van der Waals surface area contributed by atoms with Crippen molar-refractivity contribution in [3.63, 3.8) is 0 Å². The Labute approximate surface area is 172 Å². The van der Waals surface area contributed by atoms with Crippen LogP contribution in [0.25, 0.3) is 11.6 Å². The van der Waals surface area contributed by atoms with Crippen LogP contribution in [-0.4, -0.2) is 11.5 Å². The maximum Gasteiger partial charge on any atom is 0.417 e. The van der Waals surface area contributed by atoms with E-state index in [1.807, 2.05) is 0 Å². The number of rotatable bonds is 5. The summed E-state index contributed by atoms with van der Waals surface area (Å²) >= 11 is 11.8. The van der Waals surface area contributed by atoms with E-state index in [1.165, 1.54) is 13.0 Å². The third-order valence-electron chi connectivity index (χ3n) is 4.13. The van der Waals surface area contributed by atoms with Gasteiger partial charge in [-0.3, -0.25) is 0 Å². The van der Waals surface area contributed by atoms with Crippen molar-refractivity contribution in [2.24, 2.45) is 0 Å². The molecule has 0 bridgehead atoms. The first-order chi connectivity index (χ1) is 13.3. The largest absolute Gasteiger partial charge is 0.508 e. The number of alkyl halides is 5. The predicted molar refractivity (Wildman–Crippen MR) is 102 cm³/mol. The van der Waals surface area contributed by atoms with Gasteiger partial charge < -0.3 is 5.11 Å². The number of hydrogen-bond acceptors (Lipinski definition) is 1. The molecule has 0 saturated carbocycles. The third kappa shape index (κ3) is 5.28.